The number of carboxylic acids is 1. The van der Waals surface area contributed by atoms with Gasteiger partial charge >= 0.3 is 5.97 Å². The van der Waals surface area contributed by atoms with E-state index in [1.54, 1.807) is 18.2 Å². The van der Waals surface area contributed by atoms with E-state index in [9.17, 15) is 9.90 Å². The van der Waals surface area contributed by atoms with E-state index in [-0.39, 0.29) is 22.1 Å². The first-order valence-electron chi connectivity index (χ1n) is 7.80. The predicted octanol–water partition coefficient (Wildman–Crippen LogP) is 4.74. The number of fused-ring (bicyclic) bond motifs is 1. The number of benzene rings is 2. The molecule has 4 aromatic rings. The van der Waals surface area contributed by atoms with E-state index >= 15 is 0 Å². The summed E-state index contributed by atoms with van der Waals surface area (Å²) >= 11 is 0. The first kappa shape index (κ1) is 16.0. The topological polar surface area (TPSA) is 84.3 Å². The Morgan fingerprint density at radius 3 is 2.62 bits per heavy atom. The van der Waals surface area contributed by atoms with Gasteiger partial charge in [0.05, 0.1) is 5.69 Å². The lowest BCUT2D eigenvalue weighted by atomic mass is 10.2. The van der Waals surface area contributed by atoms with E-state index < -0.39 is 5.97 Å². The van der Waals surface area contributed by atoms with Crippen LogP contribution in [0.3, 0.4) is 0 Å². The molecule has 0 fully saturated rings. The molecule has 1 unspecified atom stereocenters. The molecular weight excluding hydrogens is 350 g/mol. The van der Waals surface area contributed by atoms with Crippen molar-refractivity contribution in [2.45, 2.75) is 0 Å². The number of aromatic nitrogens is 2. The monoisotopic (exact) mass is 364 g/mol. The summed E-state index contributed by atoms with van der Waals surface area (Å²) in [5, 5.41) is 9.19. The molecule has 0 saturated heterocycles. The maximum atomic E-state index is 11.2. The van der Waals surface area contributed by atoms with Gasteiger partial charge in [-0.3, -0.25) is 0 Å². The fourth-order valence-corrected chi connectivity index (χ4v) is 3.92. The number of nitrogens with zero attached hydrogens (tertiary/aromatic N) is 2. The number of pyridine rings is 1. The van der Waals surface area contributed by atoms with Gasteiger partial charge in [-0.15, -0.1) is 0 Å². The molecule has 2 N–H and O–H groups in total. The standard InChI is InChI=1S/C19H13N3O3S/c23-19(24)15-4-3-11-20-18(15)25-14-9-7-13(8-10-14)22-26-12-21-16-5-1-2-6-17(16)26/h1-12,22H/p+1. The number of rotatable bonds is 5. The van der Waals surface area contributed by atoms with Crippen LogP contribution in [0.2, 0.25) is 0 Å². The molecule has 1 atom stereocenters. The number of thiazole rings is 1. The lowest BCUT2D eigenvalue weighted by Crippen LogP contribution is -2.01. The highest BCUT2D eigenvalue weighted by molar-refractivity contribution is 7.37. The molecule has 2 aromatic heterocycles. The molecule has 4 rings (SSSR count). The third-order valence-corrected chi connectivity index (χ3v) is 5.29. The summed E-state index contributed by atoms with van der Waals surface area (Å²) in [5.41, 5.74) is 3.83. The lowest BCUT2D eigenvalue weighted by molar-refractivity contribution is 0.0693. The lowest BCUT2D eigenvalue weighted by Gasteiger charge is -2.07. The highest BCUT2D eigenvalue weighted by Gasteiger charge is 2.15. The molecule has 128 valence electrons. The van der Waals surface area contributed by atoms with Crippen LogP contribution in [0.4, 0.5) is 5.69 Å². The van der Waals surface area contributed by atoms with Crippen molar-refractivity contribution in [1.29, 1.82) is 0 Å². The van der Waals surface area contributed by atoms with Gasteiger partial charge in [-0.25, -0.2) is 9.78 Å². The second-order valence-corrected chi connectivity index (χ2v) is 6.96. The number of carbonyl (C=O) groups is 1. The zero-order valence-corrected chi connectivity index (χ0v) is 14.3. The molecule has 2 heterocycles. The molecule has 0 aliphatic heterocycles. The quantitative estimate of drug-likeness (QED) is 0.497. The van der Waals surface area contributed by atoms with Gasteiger partial charge in [0, 0.05) is 12.3 Å². The number of aromatic carboxylic acids is 1. The van der Waals surface area contributed by atoms with Crippen molar-refractivity contribution in [1.82, 2.24) is 9.97 Å². The Balaban J connectivity index is 1.53. The Bertz CT molecular complexity index is 1080. The van der Waals surface area contributed by atoms with Crippen LogP contribution in [-0.4, -0.2) is 21.0 Å². The number of para-hydroxylation sites is 1. The second kappa shape index (κ2) is 6.81. The SMILES string of the molecule is O=C(O)c1cccnc1Oc1ccc(N[s+]2cnc3ccccc32)cc1. The molecule has 26 heavy (non-hydrogen) atoms. The summed E-state index contributed by atoms with van der Waals surface area (Å²) in [6.07, 6.45) is 1.50. The van der Waals surface area contributed by atoms with Crippen molar-refractivity contribution >= 4 is 32.5 Å². The van der Waals surface area contributed by atoms with Crippen molar-refractivity contribution in [2.75, 3.05) is 4.72 Å². The maximum Gasteiger partial charge on any atom is 0.341 e. The normalized spacial score (nSPS) is 11.3. The third-order valence-electron chi connectivity index (χ3n) is 3.70. The summed E-state index contributed by atoms with van der Waals surface area (Å²) < 4.78 is 10.2. The molecule has 0 spiro atoms. The number of ether oxygens (including phenoxy) is 1. The van der Waals surface area contributed by atoms with Gasteiger partial charge in [0.25, 0.3) is 5.51 Å². The predicted molar refractivity (Wildman–Crippen MR) is 101 cm³/mol. The van der Waals surface area contributed by atoms with Gasteiger partial charge in [-0.05, 0) is 42.5 Å². The molecular formula is C19H14N3O3S+. The Morgan fingerprint density at radius 2 is 1.81 bits per heavy atom. The van der Waals surface area contributed by atoms with Crippen molar-refractivity contribution in [3.63, 3.8) is 0 Å². The van der Waals surface area contributed by atoms with E-state index in [1.807, 2.05) is 35.8 Å². The van der Waals surface area contributed by atoms with Crippen LogP contribution in [0.15, 0.2) is 72.4 Å². The van der Waals surface area contributed by atoms with E-state index in [4.69, 9.17) is 4.74 Å². The van der Waals surface area contributed by atoms with Gasteiger partial charge in [-0.1, -0.05) is 12.1 Å². The van der Waals surface area contributed by atoms with Crippen LogP contribution in [0.25, 0.3) is 10.2 Å². The smallest absolute Gasteiger partial charge is 0.341 e. The van der Waals surface area contributed by atoms with Crippen LogP contribution >= 0.6 is 10.7 Å². The van der Waals surface area contributed by atoms with Crippen molar-refractivity contribution in [2.24, 2.45) is 0 Å². The number of anilines is 1. The Labute approximate surface area is 151 Å². The molecule has 0 aliphatic carbocycles. The zero-order valence-electron chi connectivity index (χ0n) is 13.5. The van der Waals surface area contributed by atoms with Crippen LogP contribution in [0, 0.1) is 0 Å². The van der Waals surface area contributed by atoms with Crippen molar-refractivity contribution in [3.8, 4) is 11.6 Å². The second-order valence-electron chi connectivity index (χ2n) is 5.43. The van der Waals surface area contributed by atoms with E-state index in [0.717, 1.165) is 15.9 Å². The molecule has 0 bridgehead atoms. The summed E-state index contributed by atoms with van der Waals surface area (Å²) in [6, 6.07) is 18.3. The van der Waals surface area contributed by atoms with Gasteiger partial charge in [0.15, 0.2) is 0 Å². The first-order valence-corrected chi connectivity index (χ1v) is 9.09. The van der Waals surface area contributed by atoms with Crippen molar-refractivity contribution < 1.29 is 14.6 Å². The van der Waals surface area contributed by atoms with Gasteiger partial charge in [0.1, 0.15) is 27.5 Å². The van der Waals surface area contributed by atoms with Gasteiger partial charge < -0.3 is 9.84 Å². The number of hydrogen-bond acceptors (Lipinski definition) is 5. The van der Waals surface area contributed by atoms with Crippen LogP contribution in [-0.2, 0) is 0 Å². The highest BCUT2D eigenvalue weighted by Crippen LogP contribution is 2.31. The fraction of sp³-hybridized carbons (Fsp3) is 0. The van der Waals surface area contributed by atoms with Crippen molar-refractivity contribution in [3.05, 3.63) is 77.9 Å². The molecule has 2 aromatic carbocycles. The summed E-state index contributed by atoms with van der Waals surface area (Å²) in [4.78, 5) is 19.6. The van der Waals surface area contributed by atoms with E-state index in [2.05, 4.69) is 20.8 Å². The number of carboxylic acid groups (broad SMARTS) is 1. The average molecular weight is 364 g/mol. The maximum absolute atomic E-state index is 11.2. The largest absolute Gasteiger partial charge is 0.477 e. The van der Waals surface area contributed by atoms with E-state index in [0.29, 0.717) is 5.75 Å². The van der Waals surface area contributed by atoms with E-state index in [1.165, 1.54) is 12.3 Å². The number of hydrogen-bond donors (Lipinski definition) is 2. The minimum Gasteiger partial charge on any atom is -0.477 e. The zero-order chi connectivity index (χ0) is 17.9. The molecule has 6 nitrogen and oxygen atoms in total. The number of nitrogens with one attached hydrogen (secondary N) is 1. The highest BCUT2D eigenvalue weighted by atomic mass is 32.2. The Hall–Kier alpha value is -3.45. The Kier molecular flexibility index (Phi) is 4.20. The first-order chi connectivity index (χ1) is 12.7. The Morgan fingerprint density at radius 1 is 1.00 bits per heavy atom. The molecule has 0 amide bonds. The minimum atomic E-state index is -1.08. The molecule has 7 heteroatoms. The summed E-state index contributed by atoms with van der Waals surface area (Å²) in [6.45, 7) is 0. The molecule has 0 aliphatic rings. The molecule has 0 radical (unpaired) electrons. The fourth-order valence-electron chi connectivity index (χ4n) is 2.46. The van der Waals surface area contributed by atoms with Crippen LogP contribution in [0.1, 0.15) is 10.4 Å². The van der Waals surface area contributed by atoms with Crippen LogP contribution in [0.5, 0.6) is 11.6 Å². The van der Waals surface area contributed by atoms with Gasteiger partial charge in [-0.2, -0.15) is 9.71 Å². The minimum absolute atomic E-state index is 0.0231. The molecule has 0 saturated carbocycles. The van der Waals surface area contributed by atoms with Gasteiger partial charge in [0.2, 0.25) is 10.6 Å². The summed E-state index contributed by atoms with van der Waals surface area (Å²) in [7, 11) is -0.280. The van der Waals surface area contributed by atoms with Crippen LogP contribution < -0.4 is 9.46 Å². The third kappa shape index (κ3) is 3.20. The average Bonchev–Trinajstić information content (AvgIpc) is 3.07. The summed E-state index contributed by atoms with van der Waals surface area (Å²) in [5.74, 6) is -0.494.